The minimum atomic E-state index is -0.283. The van der Waals surface area contributed by atoms with Crippen LogP contribution in [0, 0.1) is 5.82 Å². The maximum Gasteiger partial charge on any atom is 0.246 e. The number of aryl methyl sites for hydroxylation is 1. The fraction of sp³-hybridized carbons (Fsp3) is 0.323. The first-order chi connectivity index (χ1) is 18.6. The highest BCUT2D eigenvalue weighted by Crippen LogP contribution is 2.30. The van der Waals surface area contributed by atoms with E-state index in [9.17, 15) is 9.18 Å². The van der Waals surface area contributed by atoms with Crippen molar-refractivity contribution in [2.45, 2.75) is 39.0 Å². The number of rotatable bonds is 11. The molecule has 3 aromatic carbocycles. The molecule has 2 heterocycles. The summed E-state index contributed by atoms with van der Waals surface area (Å²) < 4.78 is 23.7. The van der Waals surface area contributed by atoms with Gasteiger partial charge in [0.05, 0.1) is 13.7 Å². The molecule has 0 radical (unpaired) electrons. The van der Waals surface area contributed by atoms with Crippen LogP contribution in [-0.2, 0) is 42.1 Å². The molecule has 0 fully saturated rings. The first-order valence-corrected chi connectivity index (χ1v) is 13.1. The molecule has 198 valence electrons. The SMILES string of the molecule is COc1ccc2[nH]c3c(c2c1)CCN(Cc1ccc(CCCNC(=O)COCc2ccc(F)cc2)cc1)C3. The number of aromatic nitrogens is 1. The smallest absolute Gasteiger partial charge is 0.246 e. The molecule has 5 rings (SSSR count). The van der Waals surface area contributed by atoms with Gasteiger partial charge in [0.15, 0.2) is 0 Å². The van der Waals surface area contributed by atoms with Crippen LogP contribution in [0.25, 0.3) is 10.9 Å². The molecule has 2 N–H and O–H groups in total. The van der Waals surface area contributed by atoms with E-state index in [1.54, 1.807) is 19.2 Å². The molecule has 38 heavy (non-hydrogen) atoms. The molecule has 6 nitrogen and oxygen atoms in total. The topological polar surface area (TPSA) is 66.6 Å². The molecule has 1 amide bonds. The largest absolute Gasteiger partial charge is 0.497 e. The van der Waals surface area contributed by atoms with E-state index in [4.69, 9.17) is 9.47 Å². The number of carbonyl (C=O) groups excluding carboxylic acids is 1. The summed E-state index contributed by atoms with van der Waals surface area (Å²) >= 11 is 0. The lowest BCUT2D eigenvalue weighted by Crippen LogP contribution is -2.29. The summed E-state index contributed by atoms with van der Waals surface area (Å²) in [6.45, 7) is 3.76. The summed E-state index contributed by atoms with van der Waals surface area (Å²) in [5.41, 5.74) is 7.31. The zero-order valence-corrected chi connectivity index (χ0v) is 21.8. The second-order valence-electron chi connectivity index (χ2n) is 9.84. The monoisotopic (exact) mass is 515 g/mol. The number of aromatic amines is 1. The van der Waals surface area contributed by atoms with Gasteiger partial charge in [-0.15, -0.1) is 0 Å². The van der Waals surface area contributed by atoms with E-state index in [-0.39, 0.29) is 24.9 Å². The molecule has 0 bridgehead atoms. The molecule has 1 aromatic heterocycles. The lowest BCUT2D eigenvalue weighted by atomic mass is 10.0. The van der Waals surface area contributed by atoms with Gasteiger partial charge in [0.1, 0.15) is 18.2 Å². The summed E-state index contributed by atoms with van der Waals surface area (Å²) in [4.78, 5) is 18.1. The Morgan fingerprint density at radius 2 is 1.79 bits per heavy atom. The fourth-order valence-electron chi connectivity index (χ4n) is 5.02. The van der Waals surface area contributed by atoms with Crippen molar-refractivity contribution in [3.63, 3.8) is 0 Å². The van der Waals surface area contributed by atoms with Gasteiger partial charge < -0.3 is 19.8 Å². The number of hydrogen-bond acceptors (Lipinski definition) is 4. The molecule has 1 aliphatic heterocycles. The third-order valence-corrected chi connectivity index (χ3v) is 7.07. The van der Waals surface area contributed by atoms with Crippen molar-refractivity contribution in [1.82, 2.24) is 15.2 Å². The van der Waals surface area contributed by atoms with Crippen LogP contribution in [0.3, 0.4) is 0 Å². The van der Waals surface area contributed by atoms with Crippen LogP contribution in [0.15, 0.2) is 66.7 Å². The number of H-pyrrole nitrogens is 1. The zero-order chi connectivity index (χ0) is 26.3. The lowest BCUT2D eigenvalue weighted by Gasteiger charge is -2.27. The maximum absolute atomic E-state index is 12.9. The van der Waals surface area contributed by atoms with Gasteiger partial charge in [-0.25, -0.2) is 4.39 Å². The molecule has 1 aliphatic rings. The number of nitrogens with one attached hydrogen (secondary N) is 2. The third kappa shape index (κ3) is 6.60. The quantitative estimate of drug-likeness (QED) is 0.272. The Balaban J connectivity index is 1.02. The summed E-state index contributed by atoms with van der Waals surface area (Å²) in [7, 11) is 1.71. The van der Waals surface area contributed by atoms with Gasteiger partial charge in [-0.2, -0.15) is 0 Å². The van der Waals surface area contributed by atoms with Gasteiger partial charge in [0, 0.05) is 42.8 Å². The third-order valence-electron chi connectivity index (χ3n) is 7.07. The van der Waals surface area contributed by atoms with E-state index in [1.807, 2.05) is 6.07 Å². The zero-order valence-electron chi connectivity index (χ0n) is 21.8. The molecule has 0 aliphatic carbocycles. The van der Waals surface area contributed by atoms with Gasteiger partial charge in [-0.05, 0) is 71.8 Å². The molecular formula is C31H34FN3O3. The van der Waals surface area contributed by atoms with Crippen molar-refractivity contribution in [2.75, 3.05) is 26.8 Å². The Morgan fingerprint density at radius 3 is 2.58 bits per heavy atom. The van der Waals surface area contributed by atoms with Gasteiger partial charge in [-0.3, -0.25) is 9.69 Å². The van der Waals surface area contributed by atoms with E-state index in [2.05, 4.69) is 51.6 Å². The molecule has 0 spiro atoms. The molecule has 0 atom stereocenters. The molecule has 0 saturated heterocycles. The molecule has 0 unspecified atom stereocenters. The van der Waals surface area contributed by atoms with Crippen LogP contribution in [0.1, 0.15) is 34.4 Å². The van der Waals surface area contributed by atoms with Crippen LogP contribution >= 0.6 is 0 Å². The first-order valence-electron chi connectivity index (χ1n) is 13.1. The van der Waals surface area contributed by atoms with Crippen LogP contribution in [0.5, 0.6) is 5.75 Å². The predicted molar refractivity (Wildman–Crippen MR) is 146 cm³/mol. The summed E-state index contributed by atoms with van der Waals surface area (Å²) in [6.07, 6.45) is 2.80. The number of amides is 1. The fourth-order valence-corrected chi connectivity index (χ4v) is 5.02. The standard InChI is InChI=1S/C31H34FN3O3/c1-37-26-12-13-29-28(17-26)27-14-16-35(19-30(27)34-29)18-23-6-4-22(5-7-23)3-2-15-33-31(36)21-38-20-24-8-10-25(32)11-9-24/h4-13,17,34H,2-3,14-16,18-21H2,1H3,(H,33,36). The highest BCUT2D eigenvalue weighted by atomic mass is 19.1. The van der Waals surface area contributed by atoms with Crippen molar-refractivity contribution in [1.29, 1.82) is 0 Å². The number of ether oxygens (including phenoxy) is 2. The van der Waals surface area contributed by atoms with E-state index in [1.165, 1.54) is 45.4 Å². The second kappa shape index (κ2) is 12.2. The van der Waals surface area contributed by atoms with Crippen molar-refractivity contribution in [3.05, 3.63) is 100 Å². The minimum absolute atomic E-state index is 0.00320. The van der Waals surface area contributed by atoms with E-state index < -0.39 is 0 Å². The Kier molecular flexibility index (Phi) is 8.36. The van der Waals surface area contributed by atoms with E-state index in [0.29, 0.717) is 6.54 Å². The van der Waals surface area contributed by atoms with Crippen molar-refractivity contribution < 1.29 is 18.7 Å². The number of carbonyl (C=O) groups is 1. The van der Waals surface area contributed by atoms with Crippen LogP contribution in [0.4, 0.5) is 4.39 Å². The number of halogens is 1. The van der Waals surface area contributed by atoms with Gasteiger partial charge in [0.25, 0.3) is 0 Å². The molecule has 7 heteroatoms. The maximum atomic E-state index is 12.9. The molecular weight excluding hydrogens is 481 g/mol. The van der Waals surface area contributed by atoms with Gasteiger partial charge in [0.2, 0.25) is 5.91 Å². The summed E-state index contributed by atoms with van der Waals surface area (Å²) in [5.74, 6) is 0.479. The number of hydrogen-bond donors (Lipinski definition) is 2. The normalized spacial score (nSPS) is 13.4. The van der Waals surface area contributed by atoms with E-state index in [0.717, 1.165) is 50.2 Å². The lowest BCUT2D eigenvalue weighted by molar-refractivity contribution is -0.126. The molecule has 4 aromatic rings. The Labute approximate surface area is 222 Å². The highest BCUT2D eigenvalue weighted by molar-refractivity contribution is 5.86. The first kappa shape index (κ1) is 25.9. The number of benzene rings is 3. The average Bonchev–Trinajstić information content (AvgIpc) is 3.30. The Morgan fingerprint density at radius 1 is 1.03 bits per heavy atom. The van der Waals surface area contributed by atoms with Crippen molar-refractivity contribution in [2.24, 2.45) is 0 Å². The Hall–Kier alpha value is -3.68. The summed E-state index contributed by atoms with van der Waals surface area (Å²) in [6, 6.07) is 21.1. The Bertz CT molecular complexity index is 1370. The van der Waals surface area contributed by atoms with Crippen molar-refractivity contribution in [3.8, 4) is 5.75 Å². The van der Waals surface area contributed by atoms with Crippen LogP contribution in [-0.4, -0.2) is 42.6 Å². The second-order valence-corrected chi connectivity index (χ2v) is 9.84. The van der Waals surface area contributed by atoms with Crippen LogP contribution < -0.4 is 10.1 Å². The van der Waals surface area contributed by atoms with Crippen molar-refractivity contribution >= 4 is 16.8 Å². The number of nitrogens with zero attached hydrogens (tertiary/aromatic N) is 1. The van der Waals surface area contributed by atoms with E-state index >= 15 is 0 Å². The summed E-state index contributed by atoms with van der Waals surface area (Å²) in [5, 5.41) is 4.17. The number of fused-ring (bicyclic) bond motifs is 3. The van der Waals surface area contributed by atoms with Crippen LogP contribution in [0.2, 0.25) is 0 Å². The van der Waals surface area contributed by atoms with Gasteiger partial charge >= 0.3 is 0 Å². The van der Waals surface area contributed by atoms with Gasteiger partial charge in [-0.1, -0.05) is 36.4 Å². The minimum Gasteiger partial charge on any atom is -0.497 e. The average molecular weight is 516 g/mol. The highest BCUT2D eigenvalue weighted by Gasteiger charge is 2.21. The predicted octanol–water partition coefficient (Wildman–Crippen LogP) is 5.14. The number of methoxy groups -OCH3 is 1. The molecule has 0 saturated carbocycles.